The highest BCUT2D eigenvalue weighted by Gasteiger charge is 2.27. The molecule has 2 saturated heterocycles. The van der Waals surface area contributed by atoms with E-state index in [4.69, 9.17) is 9.72 Å². The van der Waals surface area contributed by atoms with Gasteiger partial charge in [-0.3, -0.25) is 4.79 Å². The number of hydrogen-bond donors (Lipinski definition) is 0. The first kappa shape index (κ1) is 25.7. The van der Waals surface area contributed by atoms with Gasteiger partial charge in [0, 0.05) is 36.8 Å². The lowest BCUT2D eigenvalue weighted by Crippen LogP contribution is -2.43. The lowest BCUT2D eigenvalue weighted by atomic mass is 9.90. The van der Waals surface area contributed by atoms with Crippen LogP contribution in [0, 0.1) is 11.2 Å². The summed E-state index contributed by atoms with van der Waals surface area (Å²) in [6.07, 6.45) is 5.52. The first-order valence-electron chi connectivity index (χ1n) is 13.6. The van der Waals surface area contributed by atoms with Gasteiger partial charge in [0.25, 0.3) is 0 Å². The summed E-state index contributed by atoms with van der Waals surface area (Å²) in [5.74, 6) is 0.548. The highest BCUT2D eigenvalue weighted by atomic mass is 19.1. The summed E-state index contributed by atoms with van der Waals surface area (Å²) in [7, 11) is 1.46. The molecule has 2 aliphatic heterocycles. The Morgan fingerprint density at radius 3 is 2.46 bits per heavy atom. The highest BCUT2D eigenvalue weighted by Crippen LogP contribution is 2.33. The lowest BCUT2D eigenvalue weighted by molar-refractivity contribution is -0.121. The molecule has 6 nitrogen and oxygen atoms in total. The van der Waals surface area contributed by atoms with Gasteiger partial charge in [-0.15, -0.1) is 0 Å². The van der Waals surface area contributed by atoms with Crippen molar-refractivity contribution in [3.8, 4) is 17.1 Å². The summed E-state index contributed by atoms with van der Waals surface area (Å²) in [6, 6.07) is 11.8. The predicted octanol–water partition coefficient (Wildman–Crippen LogP) is 5.92. The number of ketones is 1. The van der Waals surface area contributed by atoms with Gasteiger partial charge in [0.15, 0.2) is 17.3 Å². The van der Waals surface area contributed by atoms with Crippen molar-refractivity contribution < 1.29 is 13.9 Å². The van der Waals surface area contributed by atoms with Gasteiger partial charge in [-0.1, -0.05) is 20.8 Å². The van der Waals surface area contributed by atoms with Crippen LogP contribution in [0.25, 0.3) is 22.4 Å². The number of Topliss-reactive ketones (excluding diaryl/α,β-unsaturated/α-hetero) is 1. The third kappa shape index (κ3) is 5.66. The first-order chi connectivity index (χ1) is 17.7. The second-order valence-corrected chi connectivity index (χ2v) is 11.8. The van der Waals surface area contributed by atoms with Gasteiger partial charge < -0.3 is 19.1 Å². The van der Waals surface area contributed by atoms with Crippen molar-refractivity contribution in [2.45, 2.75) is 65.5 Å². The second-order valence-electron chi connectivity index (χ2n) is 11.8. The van der Waals surface area contributed by atoms with Gasteiger partial charge >= 0.3 is 0 Å². The summed E-state index contributed by atoms with van der Waals surface area (Å²) in [5.41, 5.74) is 3.56. The van der Waals surface area contributed by atoms with Gasteiger partial charge in [0.2, 0.25) is 0 Å². The van der Waals surface area contributed by atoms with Crippen molar-refractivity contribution in [3.05, 3.63) is 42.2 Å². The second kappa shape index (κ2) is 10.4. The fourth-order valence-corrected chi connectivity index (χ4v) is 5.91. The Balaban J connectivity index is 1.46. The Bertz CT molecular complexity index is 1260. The number of nitrogens with zero attached hydrogens (tertiary/aromatic N) is 4. The van der Waals surface area contributed by atoms with Crippen LogP contribution in [0.1, 0.15) is 52.9 Å². The molecule has 0 bridgehead atoms. The van der Waals surface area contributed by atoms with Crippen molar-refractivity contribution in [2.24, 2.45) is 5.41 Å². The summed E-state index contributed by atoms with van der Waals surface area (Å²) >= 11 is 0. The predicted molar refractivity (Wildman–Crippen MR) is 147 cm³/mol. The third-order valence-corrected chi connectivity index (χ3v) is 7.69. The summed E-state index contributed by atoms with van der Waals surface area (Å²) in [6.45, 7) is 11.0. The van der Waals surface area contributed by atoms with Crippen molar-refractivity contribution in [1.29, 1.82) is 0 Å². The van der Waals surface area contributed by atoms with E-state index in [1.165, 1.54) is 57.6 Å². The van der Waals surface area contributed by atoms with Crippen LogP contribution >= 0.6 is 0 Å². The molecule has 3 heterocycles. The Labute approximate surface area is 219 Å². The van der Waals surface area contributed by atoms with Crippen LogP contribution in [0.3, 0.4) is 0 Å². The molecule has 2 aromatic carbocycles. The maximum Gasteiger partial charge on any atom is 0.165 e. The largest absolute Gasteiger partial charge is 0.494 e. The number of carbonyl (C=O) groups is 1. The molecule has 2 fully saturated rings. The number of benzene rings is 2. The molecule has 3 aromatic rings. The van der Waals surface area contributed by atoms with Crippen LogP contribution < -0.4 is 9.64 Å². The molecule has 0 N–H and O–H groups in total. The Morgan fingerprint density at radius 1 is 1.05 bits per heavy atom. The average Bonchev–Trinajstić information content (AvgIpc) is 3.52. The minimum atomic E-state index is -0.419. The maximum absolute atomic E-state index is 14.2. The summed E-state index contributed by atoms with van der Waals surface area (Å²) in [4.78, 5) is 23.1. The number of rotatable bonds is 7. The summed E-state index contributed by atoms with van der Waals surface area (Å²) < 4.78 is 21.4. The minimum absolute atomic E-state index is 0.0961. The molecule has 5 rings (SSSR count). The smallest absolute Gasteiger partial charge is 0.165 e. The molecule has 0 radical (unpaired) electrons. The van der Waals surface area contributed by atoms with Crippen LogP contribution in [0.2, 0.25) is 0 Å². The monoisotopic (exact) mass is 506 g/mol. The lowest BCUT2D eigenvalue weighted by Gasteiger charge is -2.37. The number of piperidine rings is 1. The molecule has 0 aliphatic carbocycles. The van der Waals surface area contributed by atoms with E-state index < -0.39 is 5.82 Å². The molecule has 0 saturated carbocycles. The number of likely N-dealkylation sites (tertiary alicyclic amines) is 1. The molecule has 198 valence electrons. The van der Waals surface area contributed by atoms with Crippen molar-refractivity contribution in [1.82, 2.24) is 14.5 Å². The molecule has 0 spiro atoms. The van der Waals surface area contributed by atoms with E-state index in [1.807, 2.05) is 4.57 Å². The quantitative estimate of drug-likeness (QED) is 0.398. The third-order valence-electron chi connectivity index (χ3n) is 7.69. The molecule has 2 aliphatic rings. The van der Waals surface area contributed by atoms with Crippen molar-refractivity contribution in [3.63, 3.8) is 0 Å². The van der Waals surface area contributed by atoms with Crippen LogP contribution in [-0.2, 0) is 11.3 Å². The average molecular weight is 507 g/mol. The number of halogens is 1. The Morgan fingerprint density at radius 2 is 1.78 bits per heavy atom. The highest BCUT2D eigenvalue weighted by molar-refractivity contribution is 5.87. The first-order valence-corrected chi connectivity index (χ1v) is 13.6. The van der Waals surface area contributed by atoms with E-state index in [1.54, 1.807) is 12.1 Å². The van der Waals surface area contributed by atoms with Gasteiger partial charge in [-0.2, -0.15) is 0 Å². The van der Waals surface area contributed by atoms with E-state index in [9.17, 15) is 9.18 Å². The van der Waals surface area contributed by atoms with Crippen LogP contribution in [0.4, 0.5) is 10.1 Å². The Kier molecular flexibility index (Phi) is 7.26. The number of hydrogen-bond acceptors (Lipinski definition) is 5. The molecular weight excluding hydrogens is 467 g/mol. The minimum Gasteiger partial charge on any atom is -0.494 e. The zero-order valence-electron chi connectivity index (χ0n) is 22.6. The van der Waals surface area contributed by atoms with Gasteiger partial charge in [-0.25, -0.2) is 9.37 Å². The molecule has 0 amide bonds. The number of methoxy groups -OCH3 is 1. The van der Waals surface area contributed by atoms with Crippen LogP contribution in [-0.4, -0.2) is 59.6 Å². The molecular formula is C30H39FN4O2. The maximum atomic E-state index is 14.2. The zero-order valence-corrected chi connectivity index (χ0v) is 22.6. The molecule has 0 unspecified atom stereocenters. The normalized spacial score (nSPS) is 17.6. The van der Waals surface area contributed by atoms with E-state index in [-0.39, 0.29) is 23.5 Å². The molecule has 7 heteroatoms. The Hall–Kier alpha value is -2.93. The SMILES string of the molecule is COc1cc(-c2nc3cc(N4CCC(N5CCCC5)CC4)ccc3n2CC(=O)CC(C)(C)C)ccc1F. The fourth-order valence-electron chi connectivity index (χ4n) is 5.91. The van der Waals surface area contributed by atoms with Crippen LogP contribution in [0.15, 0.2) is 36.4 Å². The number of fused-ring (bicyclic) bond motifs is 1. The van der Waals surface area contributed by atoms with Crippen LogP contribution in [0.5, 0.6) is 5.75 Å². The van der Waals surface area contributed by atoms with E-state index in [0.717, 1.165) is 29.7 Å². The van der Waals surface area contributed by atoms with E-state index in [0.29, 0.717) is 18.3 Å². The topological polar surface area (TPSA) is 50.6 Å². The van der Waals surface area contributed by atoms with Crippen molar-refractivity contribution in [2.75, 3.05) is 38.2 Å². The standard InChI is InChI=1S/C30H39FN4O2/c1-30(2,3)19-24(36)20-35-27-10-8-23(34-15-11-22(12-16-34)33-13-5-6-14-33)18-26(27)32-29(35)21-7-9-25(31)28(17-21)37-4/h7-10,17-18,22H,5-6,11-16,19-20H2,1-4H3. The number of anilines is 1. The molecule has 0 atom stereocenters. The fraction of sp³-hybridized carbons (Fsp3) is 0.533. The number of aromatic nitrogens is 2. The van der Waals surface area contributed by atoms with E-state index in [2.05, 4.69) is 48.8 Å². The number of ether oxygens (including phenoxy) is 1. The molecule has 1 aromatic heterocycles. The number of imidazole rings is 1. The number of carbonyl (C=O) groups excluding carboxylic acids is 1. The zero-order chi connectivity index (χ0) is 26.2. The molecule has 37 heavy (non-hydrogen) atoms. The summed E-state index contributed by atoms with van der Waals surface area (Å²) in [5, 5.41) is 0. The van der Waals surface area contributed by atoms with Gasteiger partial charge in [0.1, 0.15) is 5.82 Å². The van der Waals surface area contributed by atoms with Gasteiger partial charge in [-0.05, 0) is 80.6 Å². The van der Waals surface area contributed by atoms with E-state index >= 15 is 0 Å². The van der Waals surface area contributed by atoms with Gasteiger partial charge in [0.05, 0.1) is 24.7 Å². The van der Waals surface area contributed by atoms with Crippen molar-refractivity contribution >= 4 is 22.5 Å².